The molecule has 0 unspecified atom stereocenters. The first-order chi connectivity index (χ1) is 17.9. The summed E-state index contributed by atoms with van der Waals surface area (Å²) in [7, 11) is -2.06. The lowest BCUT2D eigenvalue weighted by atomic mass is 10.1. The van der Waals surface area contributed by atoms with Crippen LogP contribution in [0.5, 0.6) is 5.75 Å². The zero-order chi connectivity index (χ0) is 28.5. The molecule has 38 heavy (non-hydrogen) atoms. The number of halogens is 2. The molecule has 0 fully saturated rings. The zero-order valence-corrected chi connectivity index (χ0v) is 24.9. The molecule has 0 aromatic heterocycles. The minimum atomic E-state index is -3.59. The molecule has 2 rings (SSSR count). The van der Waals surface area contributed by atoms with Crippen LogP contribution in [0.25, 0.3) is 0 Å². The molecule has 0 radical (unpaired) electrons. The highest BCUT2D eigenvalue weighted by molar-refractivity contribution is 7.92. The Hall–Kier alpha value is -2.49. The molecule has 0 bridgehead atoms. The summed E-state index contributed by atoms with van der Waals surface area (Å²) in [6, 6.07) is 10.9. The quantitative estimate of drug-likeness (QED) is 0.326. The van der Waals surface area contributed by atoms with Gasteiger partial charge in [0.2, 0.25) is 21.8 Å². The fourth-order valence-electron chi connectivity index (χ4n) is 3.95. The number of hydrogen-bond donors (Lipinski definition) is 1. The Morgan fingerprint density at radius 3 is 2.24 bits per heavy atom. The fraction of sp³-hybridized carbons (Fsp3) is 0.481. The van der Waals surface area contributed by atoms with Crippen LogP contribution in [0, 0.1) is 0 Å². The molecule has 1 N–H and O–H groups in total. The predicted octanol–water partition coefficient (Wildman–Crippen LogP) is 5.27. The molecule has 11 heteroatoms. The first-order valence-corrected chi connectivity index (χ1v) is 15.2. The molecule has 0 saturated heterocycles. The average Bonchev–Trinajstić information content (AvgIpc) is 2.86. The topological polar surface area (TPSA) is 96.0 Å². The van der Waals surface area contributed by atoms with E-state index in [2.05, 4.69) is 5.32 Å². The summed E-state index contributed by atoms with van der Waals surface area (Å²) < 4.78 is 31.4. The van der Waals surface area contributed by atoms with E-state index in [-0.39, 0.29) is 43.8 Å². The number of methoxy groups -OCH3 is 1. The van der Waals surface area contributed by atoms with Crippen molar-refractivity contribution in [1.29, 1.82) is 0 Å². The Kier molecular flexibility index (Phi) is 12.2. The van der Waals surface area contributed by atoms with Crippen LogP contribution in [-0.2, 0) is 26.2 Å². The molecule has 0 heterocycles. The second kappa shape index (κ2) is 14.6. The van der Waals surface area contributed by atoms with Crippen molar-refractivity contribution < 1.29 is 22.7 Å². The van der Waals surface area contributed by atoms with Crippen LogP contribution in [0.1, 0.15) is 52.0 Å². The summed E-state index contributed by atoms with van der Waals surface area (Å²) in [5.74, 6) is 0.0942. The maximum absolute atomic E-state index is 13.5. The molecular formula is C27H37Cl2N3O5S. The van der Waals surface area contributed by atoms with Gasteiger partial charge in [0.25, 0.3) is 0 Å². The summed E-state index contributed by atoms with van der Waals surface area (Å²) in [5.41, 5.74) is 1.14. The minimum Gasteiger partial charge on any atom is -0.497 e. The standard InChI is InChI=1S/C27H37Cl2N3O5S/c1-6-19(3)30-27(34)25(7-2)31(18-20-10-11-21(28)17-24(20)29)26(33)9-8-16-32(38(5,35)36)22-12-14-23(37-4)15-13-22/h10-15,17,19,25H,6-9,16,18H2,1-5H3,(H,30,34)/t19-,25-/m1/s1. The normalized spacial score (nSPS) is 12.9. The lowest BCUT2D eigenvalue weighted by molar-refractivity contribution is -0.141. The number of ether oxygens (including phenoxy) is 1. The highest BCUT2D eigenvalue weighted by Gasteiger charge is 2.30. The maximum atomic E-state index is 13.5. The monoisotopic (exact) mass is 585 g/mol. The number of amides is 2. The van der Waals surface area contributed by atoms with Crippen molar-refractivity contribution in [3.63, 3.8) is 0 Å². The predicted molar refractivity (Wildman–Crippen MR) is 153 cm³/mol. The molecule has 2 aromatic carbocycles. The number of rotatable bonds is 14. The van der Waals surface area contributed by atoms with Gasteiger partial charge in [-0.05, 0) is 68.1 Å². The van der Waals surface area contributed by atoms with E-state index in [0.717, 1.165) is 12.7 Å². The highest BCUT2D eigenvalue weighted by Crippen LogP contribution is 2.25. The number of hydrogen-bond acceptors (Lipinski definition) is 5. The molecule has 210 valence electrons. The number of nitrogens with one attached hydrogen (secondary N) is 1. The summed E-state index contributed by atoms with van der Waals surface area (Å²) >= 11 is 12.4. The largest absolute Gasteiger partial charge is 0.497 e. The lowest BCUT2D eigenvalue weighted by Crippen LogP contribution is -2.50. The van der Waals surface area contributed by atoms with Crippen LogP contribution in [0.15, 0.2) is 42.5 Å². The molecular weight excluding hydrogens is 549 g/mol. The van der Waals surface area contributed by atoms with E-state index in [0.29, 0.717) is 33.5 Å². The van der Waals surface area contributed by atoms with Gasteiger partial charge < -0.3 is 15.0 Å². The minimum absolute atomic E-state index is 0.0413. The van der Waals surface area contributed by atoms with Gasteiger partial charge >= 0.3 is 0 Å². The highest BCUT2D eigenvalue weighted by atomic mass is 35.5. The van der Waals surface area contributed by atoms with Crippen LogP contribution in [0.2, 0.25) is 10.0 Å². The molecule has 0 saturated carbocycles. The number of anilines is 1. The smallest absolute Gasteiger partial charge is 0.243 e. The second-order valence-electron chi connectivity index (χ2n) is 9.14. The molecule has 8 nitrogen and oxygen atoms in total. The molecule has 0 aliphatic rings. The third-order valence-corrected chi connectivity index (χ3v) is 8.04. The third kappa shape index (κ3) is 9.06. The van der Waals surface area contributed by atoms with Crippen molar-refractivity contribution in [2.24, 2.45) is 0 Å². The van der Waals surface area contributed by atoms with Crippen LogP contribution in [0.3, 0.4) is 0 Å². The van der Waals surface area contributed by atoms with E-state index in [1.165, 1.54) is 16.3 Å². The molecule has 2 aromatic rings. The van der Waals surface area contributed by atoms with Crippen molar-refractivity contribution in [3.8, 4) is 5.75 Å². The van der Waals surface area contributed by atoms with E-state index >= 15 is 0 Å². The van der Waals surface area contributed by atoms with Gasteiger partial charge in [-0.1, -0.05) is 43.1 Å². The Morgan fingerprint density at radius 2 is 1.71 bits per heavy atom. The van der Waals surface area contributed by atoms with Crippen molar-refractivity contribution in [3.05, 3.63) is 58.1 Å². The van der Waals surface area contributed by atoms with Gasteiger partial charge in [-0.3, -0.25) is 13.9 Å². The lowest BCUT2D eigenvalue weighted by Gasteiger charge is -2.32. The Labute approximate surface area is 236 Å². The van der Waals surface area contributed by atoms with E-state index in [1.54, 1.807) is 42.5 Å². The first kappa shape index (κ1) is 31.7. The average molecular weight is 587 g/mol. The van der Waals surface area contributed by atoms with E-state index < -0.39 is 16.1 Å². The summed E-state index contributed by atoms with van der Waals surface area (Å²) in [5, 5.41) is 3.83. The van der Waals surface area contributed by atoms with Gasteiger partial charge in [-0.15, -0.1) is 0 Å². The van der Waals surface area contributed by atoms with Gasteiger partial charge in [-0.25, -0.2) is 8.42 Å². The van der Waals surface area contributed by atoms with E-state index in [1.807, 2.05) is 20.8 Å². The van der Waals surface area contributed by atoms with Gasteiger partial charge in [-0.2, -0.15) is 0 Å². The van der Waals surface area contributed by atoms with Crippen LogP contribution in [-0.4, -0.2) is 57.1 Å². The van der Waals surface area contributed by atoms with Gasteiger partial charge in [0.05, 0.1) is 19.1 Å². The maximum Gasteiger partial charge on any atom is 0.243 e. The van der Waals surface area contributed by atoms with Crippen LogP contribution in [0.4, 0.5) is 5.69 Å². The fourth-order valence-corrected chi connectivity index (χ4v) is 5.38. The van der Waals surface area contributed by atoms with Crippen molar-refractivity contribution in [2.45, 2.75) is 65.1 Å². The van der Waals surface area contributed by atoms with Crippen LogP contribution < -0.4 is 14.4 Å². The Morgan fingerprint density at radius 1 is 1.05 bits per heavy atom. The first-order valence-electron chi connectivity index (χ1n) is 12.6. The molecule has 2 amide bonds. The van der Waals surface area contributed by atoms with Crippen molar-refractivity contribution >= 4 is 50.7 Å². The van der Waals surface area contributed by atoms with E-state index in [9.17, 15) is 18.0 Å². The zero-order valence-electron chi connectivity index (χ0n) is 22.5. The van der Waals surface area contributed by atoms with Gasteiger partial charge in [0.1, 0.15) is 11.8 Å². The van der Waals surface area contributed by atoms with E-state index in [4.69, 9.17) is 27.9 Å². The molecule has 2 atom stereocenters. The number of carbonyl (C=O) groups is 2. The molecule has 0 aliphatic carbocycles. The number of carbonyl (C=O) groups excluding carboxylic acids is 2. The second-order valence-corrected chi connectivity index (χ2v) is 11.9. The van der Waals surface area contributed by atoms with Gasteiger partial charge in [0, 0.05) is 35.6 Å². The van der Waals surface area contributed by atoms with Crippen molar-refractivity contribution in [2.75, 3.05) is 24.2 Å². The number of nitrogens with zero attached hydrogens (tertiary/aromatic N) is 2. The van der Waals surface area contributed by atoms with Crippen molar-refractivity contribution in [1.82, 2.24) is 10.2 Å². The summed E-state index contributed by atoms with van der Waals surface area (Å²) in [4.78, 5) is 28.2. The molecule has 0 spiro atoms. The van der Waals surface area contributed by atoms with Gasteiger partial charge in [0.15, 0.2) is 0 Å². The Balaban J connectivity index is 2.25. The van der Waals surface area contributed by atoms with Crippen LogP contribution >= 0.6 is 23.2 Å². The summed E-state index contributed by atoms with van der Waals surface area (Å²) in [6.45, 7) is 5.95. The Bertz CT molecular complexity index is 1190. The summed E-state index contributed by atoms with van der Waals surface area (Å²) in [6.07, 6.45) is 2.58. The molecule has 0 aliphatic heterocycles. The SMILES string of the molecule is CC[C@@H](C)NC(=O)[C@@H](CC)N(Cc1ccc(Cl)cc1Cl)C(=O)CCCN(c1ccc(OC)cc1)S(C)(=O)=O. The number of sulfonamides is 1. The third-order valence-electron chi connectivity index (χ3n) is 6.26. The number of benzene rings is 2.